The van der Waals surface area contributed by atoms with E-state index >= 15 is 0 Å². The monoisotopic (exact) mass is 1090 g/mol. The molecule has 12 heterocycles. The SMILES string of the molecule is CC(C)(C)OC(=O)NCCN(CCNC(=S)NCC1O[C@@H]2OC3C(CO)O[C@H](OCCCCC1[C@H](O)C2O)C(O)[C@H]3O)CCNC(=S)NCC1O[C@@H]2OC3C(CO)O[C@H](OCCCCC1[C@H](O)C2O)C(O)[C@H]3O. The molecular formula is C45H80N6O20S2. The minimum Gasteiger partial charge on any atom is -0.444 e. The van der Waals surface area contributed by atoms with Crippen LogP contribution >= 0.6 is 24.4 Å². The second-order valence-electron chi connectivity index (χ2n) is 20.3. The Morgan fingerprint density at radius 2 is 0.904 bits per heavy atom. The van der Waals surface area contributed by atoms with Gasteiger partial charge in [0.1, 0.15) is 66.6 Å². The zero-order valence-corrected chi connectivity index (χ0v) is 43.2. The van der Waals surface area contributed by atoms with Gasteiger partial charge in [-0.25, -0.2) is 4.79 Å². The highest BCUT2D eigenvalue weighted by Gasteiger charge is 2.53. The van der Waals surface area contributed by atoms with Gasteiger partial charge in [0.2, 0.25) is 0 Å². The Labute approximate surface area is 435 Å². The molecule has 15 N–H and O–H groups in total. The van der Waals surface area contributed by atoms with E-state index in [1.807, 2.05) is 4.90 Å². The number of amides is 1. The molecule has 0 aromatic carbocycles. The molecule has 0 spiro atoms. The van der Waals surface area contributed by atoms with Crippen molar-refractivity contribution in [1.82, 2.24) is 31.5 Å². The average molecular weight is 1090 g/mol. The second-order valence-corrected chi connectivity index (χ2v) is 21.1. The van der Waals surface area contributed by atoms with E-state index in [1.54, 1.807) is 20.8 Å². The third-order valence-corrected chi connectivity index (χ3v) is 14.4. The van der Waals surface area contributed by atoms with Crippen LogP contribution in [0, 0.1) is 11.8 Å². The number of carbonyl (C=O) groups is 1. The fourth-order valence-electron chi connectivity index (χ4n) is 9.84. The Bertz CT molecular complexity index is 1610. The third-order valence-electron chi connectivity index (χ3n) is 13.8. The molecule has 0 radical (unpaired) electrons. The Kier molecular flexibility index (Phi) is 23.5. The van der Waals surface area contributed by atoms with Crippen LogP contribution in [0.15, 0.2) is 0 Å². The summed E-state index contributed by atoms with van der Waals surface area (Å²) in [7, 11) is 0. The van der Waals surface area contributed by atoms with Crippen LogP contribution in [0.1, 0.15) is 59.3 Å². The summed E-state index contributed by atoms with van der Waals surface area (Å²) in [6, 6.07) is 0. The molecular weight excluding hydrogens is 1010 g/mol. The molecule has 0 aromatic heterocycles. The van der Waals surface area contributed by atoms with E-state index in [0.717, 1.165) is 0 Å². The third kappa shape index (κ3) is 16.7. The van der Waals surface area contributed by atoms with Gasteiger partial charge in [0.15, 0.2) is 35.4 Å². The summed E-state index contributed by atoms with van der Waals surface area (Å²) in [5.41, 5.74) is -0.691. The van der Waals surface area contributed by atoms with Crippen LogP contribution < -0.4 is 26.6 Å². The van der Waals surface area contributed by atoms with Crippen molar-refractivity contribution < 1.29 is 98.5 Å². The maximum absolute atomic E-state index is 12.5. The zero-order chi connectivity index (χ0) is 53.0. The lowest BCUT2D eigenvalue weighted by Gasteiger charge is -2.47. The zero-order valence-electron chi connectivity index (χ0n) is 41.6. The van der Waals surface area contributed by atoms with Crippen molar-refractivity contribution in [1.29, 1.82) is 0 Å². The molecule has 0 aromatic rings. The first kappa shape index (κ1) is 60.1. The van der Waals surface area contributed by atoms with Crippen molar-refractivity contribution in [3.05, 3.63) is 0 Å². The fraction of sp³-hybridized carbons (Fsp3) is 0.933. The van der Waals surface area contributed by atoms with Crippen molar-refractivity contribution in [3.8, 4) is 0 Å². The predicted octanol–water partition coefficient (Wildman–Crippen LogP) is -5.08. The standard InChI is InChI=1S/C45H80N6O20S2/c1-45(2,3)71-44(62)48-12-15-51(13-10-46-42(72)49-18-24-22-8-4-6-16-63-38-34(60)30(56)36(26(20-52)67-38)69-40(65-24)32(58)28(22)54)14-11-47-43(73)50-19-25-23-9-5-7-17-64-39-35(61)31(57)37(27(21-53)68-39)70-41(66-25)33(59)29(23)55/h22-41,52-61H,4-21H2,1-3H3,(H,48,62)(H2,46,49,72)(H2,47,50,73)/t22?,23?,24?,25?,26?,27?,28-,29-,30+,31+,32?,33?,34?,35?,36?,37?,38-,39-,40+,41+/m0/s1. The number of hydrogen-bond acceptors (Lipinski definition) is 23. The molecule has 73 heavy (non-hydrogen) atoms. The Morgan fingerprint density at radius 3 is 1.30 bits per heavy atom. The molecule has 28 heteroatoms. The van der Waals surface area contributed by atoms with Crippen molar-refractivity contribution in [3.63, 3.8) is 0 Å². The van der Waals surface area contributed by atoms with E-state index in [9.17, 15) is 55.9 Å². The Morgan fingerprint density at radius 1 is 0.521 bits per heavy atom. The summed E-state index contributed by atoms with van der Waals surface area (Å²) in [6.07, 6.45) is -21.1. The lowest BCUT2D eigenvalue weighted by Crippen LogP contribution is -2.64. The van der Waals surface area contributed by atoms with Gasteiger partial charge >= 0.3 is 6.09 Å². The number of thiocarbonyl (C=S) groups is 2. The number of nitrogens with zero attached hydrogens (tertiary/aromatic N) is 1. The molecule has 12 aliphatic heterocycles. The highest BCUT2D eigenvalue weighted by molar-refractivity contribution is 7.80. The van der Waals surface area contributed by atoms with E-state index in [4.69, 9.17) is 67.1 Å². The second kappa shape index (κ2) is 28.5. The molecule has 0 saturated carbocycles. The molecule has 422 valence electrons. The average Bonchev–Trinajstić information content (AvgIpc) is 3.34. The van der Waals surface area contributed by atoms with E-state index in [-0.39, 0.29) is 43.1 Å². The van der Waals surface area contributed by atoms with Gasteiger partial charge < -0.3 is 120 Å². The van der Waals surface area contributed by atoms with E-state index in [1.165, 1.54) is 0 Å². The summed E-state index contributed by atoms with van der Waals surface area (Å²) in [6.45, 7) is 6.85. The van der Waals surface area contributed by atoms with Crippen LogP contribution in [-0.2, 0) is 42.6 Å². The van der Waals surface area contributed by atoms with Gasteiger partial charge in [-0.05, 0) is 70.9 Å². The molecule has 8 bridgehead atoms. The summed E-state index contributed by atoms with van der Waals surface area (Å²) < 4.78 is 52.4. The number of aliphatic hydroxyl groups excluding tert-OH is 10. The highest BCUT2D eigenvalue weighted by Crippen LogP contribution is 2.36. The summed E-state index contributed by atoms with van der Waals surface area (Å²) >= 11 is 11.3. The first-order chi connectivity index (χ1) is 34.8. The number of ether oxygens (including phenoxy) is 9. The Balaban J connectivity index is 1.01. The maximum atomic E-state index is 12.5. The van der Waals surface area contributed by atoms with E-state index in [2.05, 4.69) is 26.6 Å². The van der Waals surface area contributed by atoms with E-state index in [0.29, 0.717) is 71.2 Å². The number of alkyl carbamates (subject to hydrolysis) is 1. The smallest absolute Gasteiger partial charge is 0.407 e. The first-order valence-corrected chi connectivity index (χ1v) is 26.2. The molecule has 12 saturated heterocycles. The highest BCUT2D eigenvalue weighted by atomic mass is 32.1. The van der Waals surface area contributed by atoms with E-state index < -0.39 is 147 Å². The maximum Gasteiger partial charge on any atom is 0.407 e. The fourth-order valence-corrected chi connectivity index (χ4v) is 10.2. The van der Waals surface area contributed by atoms with Gasteiger partial charge in [0, 0.05) is 77.4 Å². The lowest BCUT2D eigenvalue weighted by atomic mass is 9.84. The van der Waals surface area contributed by atoms with Crippen LogP contribution in [0.2, 0.25) is 0 Å². The minimum absolute atomic E-state index is 0.0918. The minimum atomic E-state index is -1.56. The molecule has 12 unspecified atom stereocenters. The first-order valence-electron chi connectivity index (χ1n) is 25.3. The molecule has 0 aliphatic carbocycles. The quantitative estimate of drug-likeness (QED) is 0.0682. The van der Waals surface area contributed by atoms with Gasteiger partial charge in [-0.2, -0.15) is 0 Å². The topological polar surface area (TPSA) is 366 Å². The van der Waals surface area contributed by atoms with Crippen LogP contribution in [-0.4, -0.2) is 267 Å². The molecule has 26 nitrogen and oxygen atoms in total. The number of nitrogens with one attached hydrogen (secondary N) is 5. The number of carbonyl (C=O) groups excluding carboxylic acids is 1. The molecule has 12 rings (SSSR count). The number of rotatable bonds is 15. The van der Waals surface area contributed by atoms with Crippen LogP contribution in [0.4, 0.5) is 4.79 Å². The molecule has 20 atom stereocenters. The predicted molar refractivity (Wildman–Crippen MR) is 261 cm³/mol. The van der Waals surface area contributed by atoms with Crippen LogP contribution in [0.3, 0.4) is 0 Å². The van der Waals surface area contributed by atoms with Gasteiger partial charge in [0.05, 0.1) is 37.6 Å². The van der Waals surface area contributed by atoms with Gasteiger partial charge in [0.25, 0.3) is 0 Å². The molecule has 12 fully saturated rings. The largest absolute Gasteiger partial charge is 0.444 e. The normalized spacial score (nSPS) is 39.5. The van der Waals surface area contributed by atoms with Crippen LogP contribution in [0.25, 0.3) is 0 Å². The number of aliphatic hydroxyl groups is 10. The Hall–Kier alpha value is -2.11. The molecule has 12 aliphatic rings. The van der Waals surface area contributed by atoms with Crippen molar-refractivity contribution >= 4 is 40.8 Å². The summed E-state index contributed by atoms with van der Waals surface area (Å²) in [4.78, 5) is 14.5. The van der Waals surface area contributed by atoms with Crippen molar-refractivity contribution in [2.45, 2.75) is 176 Å². The van der Waals surface area contributed by atoms with Crippen molar-refractivity contribution in [2.75, 3.05) is 78.8 Å². The van der Waals surface area contributed by atoms with Gasteiger partial charge in [-0.3, -0.25) is 4.90 Å². The molecule has 1 amide bonds. The lowest BCUT2D eigenvalue weighted by molar-refractivity contribution is -0.355. The summed E-state index contributed by atoms with van der Waals surface area (Å²) in [5, 5.41) is 124. The number of hydrogen-bond donors (Lipinski definition) is 15. The van der Waals surface area contributed by atoms with Crippen molar-refractivity contribution in [2.24, 2.45) is 11.8 Å². The summed E-state index contributed by atoms with van der Waals surface area (Å²) in [5.74, 6) is -1.10. The van der Waals surface area contributed by atoms with Gasteiger partial charge in [-0.15, -0.1) is 0 Å². The van der Waals surface area contributed by atoms with Gasteiger partial charge in [-0.1, -0.05) is 12.8 Å². The van der Waals surface area contributed by atoms with Crippen LogP contribution in [0.5, 0.6) is 0 Å².